The van der Waals surface area contributed by atoms with E-state index in [0.717, 1.165) is 16.5 Å². The summed E-state index contributed by atoms with van der Waals surface area (Å²) in [6.07, 6.45) is 1.27. The van der Waals surface area contributed by atoms with Crippen molar-refractivity contribution >= 4 is 21.7 Å². The van der Waals surface area contributed by atoms with E-state index in [1.807, 2.05) is 31.2 Å². The van der Waals surface area contributed by atoms with Gasteiger partial charge in [0.15, 0.2) is 5.78 Å². The van der Waals surface area contributed by atoms with E-state index in [2.05, 4.69) is 15.9 Å². The van der Waals surface area contributed by atoms with Crippen LogP contribution < -0.4 is 5.73 Å². The van der Waals surface area contributed by atoms with E-state index in [-0.39, 0.29) is 11.8 Å². The molecule has 0 aromatic heterocycles. The lowest BCUT2D eigenvalue weighted by atomic mass is 10.0. The minimum atomic E-state index is 0.0920. The van der Waals surface area contributed by atoms with Crippen LogP contribution in [0.15, 0.2) is 28.7 Å². The van der Waals surface area contributed by atoms with Crippen molar-refractivity contribution in [1.29, 1.82) is 0 Å². The average molecular weight is 256 g/mol. The Hall–Kier alpha value is -0.670. The van der Waals surface area contributed by atoms with E-state index in [4.69, 9.17) is 5.73 Å². The predicted octanol–water partition coefficient (Wildman–Crippen LogP) is 2.76. The van der Waals surface area contributed by atoms with Gasteiger partial charge in [-0.25, -0.2) is 0 Å². The fourth-order valence-corrected chi connectivity index (χ4v) is 1.40. The summed E-state index contributed by atoms with van der Waals surface area (Å²) in [6, 6.07) is 7.49. The molecule has 1 atom stereocenters. The van der Waals surface area contributed by atoms with Crippen LogP contribution >= 0.6 is 15.9 Å². The van der Waals surface area contributed by atoms with E-state index in [9.17, 15) is 4.79 Å². The minimum Gasteiger partial charge on any atom is -0.328 e. The van der Waals surface area contributed by atoms with Crippen molar-refractivity contribution < 1.29 is 4.79 Å². The largest absolute Gasteiger partial charge is 0.328 e. The number of hydrogen-bond acceptors (Lipinski definition) is 2. The van der Waals surface area contributed by atoms with Gasteiger partial charge >= 0.3 is 0 Å². The summed E-state index contributed by atoms with van der Waals surface area (Å²) in [5.41, 5.74) is 6.34. The molecular weight excluding hydrogens is 242 g/mol. The summed E-state index contributed by atoms with van der Waals surface area (Å²) in [7, 11) is 0. The van der Waals surface area contributed by atoms with Gasteiger partial charge in [0.25, 0.3) is 0 Å². The lowest BCUT2D eigenvalue weighted by Gasteiger charge is -2.04. The Labute approximate surface area is 92.6 Å². The molecule has 0 fully saturated rings. The quantitative estimate of drug-likeness (QED) is 0.842. The summed E-state index contributed by atoms with van der Waals surface area (Å²) < 4.78 is 0.987. The van der Waals surface area contributed by atoms with Crippen LogP contribution in [0.1, 0.15) is 30.1 Å². The Bertz CT molecular complexity index is 306. The number of halogens is 1. The summed E-state index contributed by atoms with van der Waals surface area (Å²) >= 11 is 3.33. The van der Waals surface area contributed by atoms with Crippen molar-refractivity contribution in [2.75, 3.05) is 0 Å². The first-order chi connectivity index (χ1) is 6.59. The third-order valence-corrected chi connectivity index (χ3v) is 2.52. The summed E-state index contributed by atoms with van der Waals surface area (Å²) in [4.78, 5) is 11.6. The van der Waals surface area contributed by atoms with Gasteiger partial charge in [0.1, 0.15) is 0 Å². The molecule has 1 rings (SSSR count). The van der Waals surface area contributed by atoms with Crippen molar-refractivity contribution in [2.24, 2.45) is 5.73 Å². The standard InChI is InChI=1S/C11H14BrNO/c1-8(13)2-7-11(14)9-3-5-10(12)6-4-9/h3-6,8H,2,7,13H2,1H3. The molecule has 0 radical (unpaired) electrons. The van der Waals surface area contributed by atoms with Crippen LogP contribution in [0.3, 0.4) is 0 Å². The second kappa shape index (κ2) is 5.27. The molecule has 2 nitrogen and oxygen atoms in total. The van der Waals surface area contributed by atoms with Gasteiger partial charge in [-0.3, -0.25) is 4.79 Å². The molecule has 14 heavy (non-hydrogen) atoms. The van der Waals surface area contributed by atoms with Crippen LogP contribution in [-0.2, 0) is 0 Å². The zero-order chi connectivity index (χ0) is 10.6. The van der Waals surface area contributed by atoms with Gasteiger partial charge in [-0.05, 0) is 25.5 Å². The number of nitrogens with two attached hydrogens (primary N) is 1. The fourth-order valence-electron chi connectivity index (χ4n) is 1.14. The van der Waals surface area contributed by atoms with Crippen LogP contribution in [0.25, 0.3) is 0 Å². The number of hydrogen-bond donors (Lipinski definition) is 1. The van der Waals surface area contributed by atoms with E-state index in [1.165, 1.54) is 0 Å². The van der Waals surface area contributed by atoms with E-state index >= 15 is 0 Å². The molecule has 1 unspecified atom stereocenters. The lowest BCUT2D eigenvalue weighted by Crippen LogP contribution is -2.16. The van der Waals surface area contributed by atoms with Crippen molar-refractivity contribution in [1.82, 2.24) is 0 Å². The first-order valence-electron chi connectivity index (χ1n) is 4.64. The maximum atomic E-state index is 11.6. The van der Waals surface area contributed by atoms with E-state index in [1.54, 1.807) is 0 Å². The Balaban J connectivity index is 2.57. The van der Waals surface area contributed by atoms with Gasteiger partial charge in [0.2, 0.25) is 0 Å². The second-order valence-corrected chi connectivity index (χ2v) is 4.36. The van der Waals surface area contributed by atoms with Crippen LogP contribution in [-0.4, -0.2) is 11.8 Å². The number of ketones is 1. The molecule has 0 saturated heterocycles. The Kier molecular flexibility index (Phi) is 4.29. The normalized spacial score (nSPS) is 12.5. The molecule has 3 heteroatoms. The zero-order valence-corrected chi connectivity index (χ0v) is 9.75. The second-order valence-electron chi connectivity index (χ2n) is 3.45. The van der Waals surface area contributed by atoms with Gasteiger partial charge in [0.05, 0.1) is 0 Å². The molecule has 76 valence electrons. The van der Waals surface area contributed by atoms with Crippen LogP contribution in [0.2, 0.25) is 0 Å². The van der Waals surface area contributed by atoms with Crippen molar-refractivity contribution in [2.45, 2.75) is 25.8 Å². The molecule has 0 amide bonds. The highest BCUT2D eigenvalue weighted by molar-refractivity contribution is 9.10. The number of benzene rings is 1. The maximum Gasteiger partial charge on any atom is 0.162 e. The molecule has 0 heterocycles. The number of carbonyl (C=O) groups is 1. The highest BCUT2D eigenvalue weighted by Crippen LogP contribution is 2.12. The zero-order valence-electron chi connectivity index (χ0n) is 8.16. The van der Waals surface area contributed by atoms with Gasteiger partial charge in [-0.15, -0.1) is 0 Å². The molecule has 1 aromatic carbocycles. The van der Waals surface area contributed by atoms with Gasteiger partial charge in [-0.1, -0.05) is 28.1 Å². The van der Waals surface area contributed by atoms with Gasteiger partial charge in [0, 0.05) is 22.5 Å². The van der Waals surface area contributed by atoms with Crippen LogP contribution in [0.4, 0.5) is 0 Å². The number of Topliss-reactive ketones (excluding diaryl/α,β-unsaturated/α-hetero) is 1. The van der Waals surface area contributed by atoms with Crippen LogP contribution in [0, 0.1) is 0 Å². The fraction of sp³-hybridized carbons (Fsp3) is 0.364. The Morgan fingerprint density at radius 2 is 2.00 bits per heavy atom. The molecular formula is C11H14BrNO. The monoisotopic (exact) mass is 255 g/mol. The Morgan fingerprint density at radius 3 is 2.50 bits per heavy atom. The highest BCUT2D eigenvalue weighted by atomic mass is 79.9. The van der Waals surface area contributed by atoms with Crippen LogP contribution in [0.5, 0.6) is 0 Å². The van der Waals surface area contributed by atoms with Crippen molar-refractivity contribution in [3.8, 4) is 0 Å². The third-order valence-electron chi connectivity index (χ3n) is 1.99. The molecule has 0 aliphatic rings. The number of carbonyl (C=O) groups excluding carboxylic acids is 1. The van der Waals surface area contributed by atoms with E-state index < -0.39 is 0 Å². The molecule has 0 saturated carbocycles. The molecule has 2 N–H and O–H groups in total. The highest BCUT2D eigenvalue weighted by Gasteiger charge is 2.06. The SMILES string of the molecule is CC(N)CCC(=O)c1ccc(Br)cc1. The molecule has 0 aliphatic carbocycles. The topological polar surface area (TPSA) is 43.1 Å². The molecule has 0 bridgehead atoms. The molecule has 0 spiro atoms. The first-order valence-corrected chi connectivity index (χ1v) is 5.43. The molecule has 0 aliphatic heterocycles. The Morgan fingerprint density at radius 1 is 1.43 bits per heavy atom. The van der Waals surface area contributed by atoms with E-state index in [0.29, 0.717) is 6.42 Å². The predicted molar refractivity (Wildman–Crippen MR) is 61.4 cm³/mol. The third kappa shape index (κ3) is 3.60. The number of rotatable bonds is 4. The minimum absolute atomic E-state index is 0.0920. The lowest BCUT2D eigenvalue weighted by molar-refractivity contribution is 0.0978. The summed E-state index contributed by atoms with van der Waals surface area (Å²) in [5.74, 6) is 0.162. The molecule has 1 aromatic rings. The smallest absolute Gasteiger partial charge is 0.162 e. The maximum absolute atomic E-state index is 11.6. The van der Waals surface area contributed by atoms with Crippen molar-refractivity contribution in [3.05, 3.63) is 34.3 Å². The first kappa shape index (κ1) is 11.4. The summed E-state index contributed by atoms with van der Waals surface area (Å²) in [6.45, 7) is 1.91. The van der Waals surface area contributed by atoms with Crippen molar-refractivity contribution in [3.63, 3.8) is 0 Å². The van der Waals surface area contributed by atoms with Gasteiger partial charge < -0.3 is 5.73 Å². The van der Waals surface area contributed by atoms with Gasteiger partial charge in [-0.2, -0.15) is 0 Å². The summed E-state index contributed by atoms with van der Waals surface area (Å²) in [5, 5.41) is 0. The average Bonchev–Trinajstić information content (AvgIpc) is 2.15.